The molecule has 6 heteroatoms. The van der Waals surface area contributed by atoms with Gasteiger partial charge in [0, 0.05) is 42.3 Å². The highest BCUT2D eigenvalue weighted by Gasteiger charge is 2.26. The molecule has 1 saturated heterocycles. The second-order valence-corrected chi connectivity index (χ2v) is 8.36. The highest BCUT2D eigenvalue weighted by molar-refractivity contribution is 6.01. The number of rotatable bonds is 5. The molecule has 0 bridgehead atoms. The highest BCUT2D eigenvalue weighted by Crippen LogP contribution is 2.28. The number of piperidine rings is 1. The topological polar surface area (TPSA) is 71.0 Å². The van der Waals surface area contributed by atoms with Gasteiger partial charge in [-0.3, -0.25) is 14.8 Å². The molecule has 0 saturated carbocycles. The quantitative estimate of drug-likeness (QED) is 0.721. The first kappa shape index (κ1) is 19.5. The molecule has 0 radical (unpaired) electrons. The van der Waals surface area contributed by atoms with E-state index in [1.54, 1.807) is 24.8 Å². The molecule has 0 spiro atoms. The Hall–Kier alpha value is -2.86. The van der Waals surface area contributed by atoms with Crippen molar-refractivity contribution in [2.75, 3.05) is 19.6 Å². The number of fused-ring (bicyclic) bond motifs is 1. The molecule has 4 heterocycles. The van der Waals surface area contributed by atoms with Gasteiger partial charge in [0.15, 0.2) is 0 Å². The van der Waals surface area contributed by atoms with Crippen molar-refractivity contribution < 1.29 is 4.79 Å². The maximum absolute atomic E-state index is 13.1. The monoisotopic (exact) mass is 389 g/mol. The first-order valence-corrected chi connectivity index (χ1v) is 10.2. The van der Waals surface area contributed by atoms with Crippen molar-refractivity contribution in [3.05, 3.63) is 54.7 Å². The largest absolute Gasteiger partial charge is 0.345 e. The summed E-state index contributed by atoms with van der Waals surface area (Å²) in [4.78, 5) is 28.5. The lowest BCUT2D eigenvalue weighted by Gasteiger charge is -2.35. The number of aromatic nitrogens is 3. The Kier molecular flexibility index (Phi) is 5.53. The van der Waals surface area contributed by atoms with Crippen LogP contribution in [0.3, 0.4) is 0 Å². The van der Waals surface area contributed by atoms with Gasteiger partial charge >= 0.3 is 0 Å². The number of amides is 1. The Balaban J connectivity index is 1.62. The van der Waals surface area contributed by atoms with Gasteiger partial charge in [0.2, 0.25) is 0 Å². The molecular weight excluding hydrogens is 362 g/mol. The molecule has 1 aliphatic rings. The van der Waals surface area contributed by atoms with Crippen molar-refractivity contribution in [1.29, 1.82) is 0 Å². The minimum atomic E-state index is -0.333. The molecule has 3 aromatic rings. The SMILES string of the molecule is CC(C)(CN1CCCCC1)NC(=O)c1cc(-c2ccncc2)c2cnccc2n1. The summed E-state index contributed by atoms with van der Waals surface area (Å²) in [5.74, 6) is -0.152. The molecular formula is C23H27N5O. The van der Waals surface area contributed by atoms with Gasteiger partial charge in [-0.25, -0.2) is 4.98 Å². The molecule has 1 fully saturated rings. The summed E-state index contributed by atoms with van der Waals surface area (Å²) in [5.41, 5.74) is 2.77. The molecule has 1 amide bonds. The summed E-state index contributed by atoms with van der Waals surface area (Å²) in [6, 6.07) is 7.56. The Labute approximate surface area is 171 Å². The number of carbonyl (C=O) groups is 1. The Bertz CT molecular complexity index is 997. The summed E-state index contributed by atoms with van der Waals surface area (Å²) < 4.78 is 0. The second-order valence-electron chi connectivity index (χ2n) is 8.36. The van der Waals surface area contributed by atoms with E-state index in [1.807, 2.05) is 24.3 Å². The van der Waals surface area contributed by atoms with Gasteiger partial charge < -0.3 is 10.2 Å². The molecule has 0 unspecified atom stereocenters. The molecule has 0 aliphatic carbocycles. The van der Waals surface area contributed by atoms with Crippen LogP contribution >= 0.6 is 0 Å². The van der Waals surface area contributed by atoms with Crippen molar-refractivity contribution in [3.8, 4) is 11.1 Å². The maximum Gasteiger partial charge on any atom is 0.270 e. The summed E-state index contributed by atoms with van der Waals surface area (Å²) in [7, 11) is 0. The lowest BCUT2D eigenvalue weighted by molar-refractivity contribution is 0.0873. The van der Waals surface area contributed by atoms with E-state index in [9.17, 15) is 4.79 Å². The van der Waals surface area contributed by atoms with Crippen LogP contribution in [0.1, 0.15) is 43.6 Å². The third-order valence-corrected chi connectivity index (χ3v) is 5.35. The third-order valence-electron chi connectivity index (χ3n) is 5.35. The second kappa shape index (κ2) is 8.25. The molecule has 1 aliphatic heterocycles. The number of nitrogens with zero attached hydrogens (tertiary/aromatic N) is 4. The van der Waals surface area contributed by atoms with Crippen LogP contribution in [-0.4, -0.2) is 50.9 Å². The molecule has 150 valence electrons. The van der Waals surface area contributed by atoms with Crippen molar-refractivity contribution in [3.63, 3.8) is 0 Å². The van der Waals surface area contributed by atoms with Gasteiger partial charge in [-0.2, -0.15) is 0 Å². The zero-order valence-electron chi connectivity index (χ0n) is 17.1. The highest BCUT2D eigenvalue weighted by atomic mass is 16.2. The molecule has 6 nitrogen and oxygen atoms in total. The van der Waals surface area contributed by atoms with Crippen LogP contribution in [0, 0.1) is 0 Å². The van der Waals surface area contributed by atoms with Crippen LogP contribution in [0.5, 0.6) is 0 Å². The average molecular weight is 390 g/mol. The summed E-state index contributed by atoms with van der Waals surface area (Å²) >= 11 is 0. The van der Waals surface area contributed by atoms with E-state index < -0.39 is 0 Å². The zero-order valence-corrected chi connectivity index (χ0v) is 17.1. The van der Waals surface area contributed by atoms with Crippen molar-refractivity contribution in [2.24, 2.45) is 0 Å². The van der Waals surface area contributed by atoms with Gasteiger partial charge in [0.1, 0.15) is 5.69 Å². The van der Waals surface area contributed by atoms with Crippen LogP contribution in [0.4, 0.5) is 0 Å². The lowest BCUT2D eigenvalue weighted by atomic mass is 10.0. The van der Waals surface area contributed by atoms with Gasteiger partial charge in [-0.15, -0.1) is 0 Å². The Morgan fingerprint density at radius 2 is 1.79 bits per heavy atom. The predicted octanol–water partition coefficient (Wildman–Crippen LogP) is 3.69. The van der Waals surface area contributed by atoms with Crippen LogP contribution in [0.15, 0.2) is 49.1 Å². The van der Waals surface area contributed by atoms with Gasteiger partial charge in [-0.05, 0) is 75.2 Å². The fourth-order valence-electron chi connectivity index (χ4n) is 4.04. The smallest absolute Gasteiger partial charge is 0.270 e. The molecule has 0 atom stereocenters. The van der Waals surface area contributed by atoms with E-state index >= 15 is 0 Å². The number of carbonyl (C=O) groups excluding carboxylic acids is 1. The average Bonchev–Trinajstić information content (AvgIpc) is 2.73. The maximum atomic E-state index is 13.1. The van der Waals surface area contributed by atoms with E-state index in [0.717, 1.165) is 41.7 Å². The summed E-state index contributed by atoms with van der Waals surface area (Å²) in [6.45, 7) is 7.20. The number of nitrogens with one attached hydrogen (secondary N) is 1. The molecule has 4 rings (SSSR count). The first-order valence-electron chi connectivity index (χ1n) is 10.2. The normalized spacial score (nSPS) is 15.4. The van der Waals surface area contributed by atoms with E-state index in [4.69, 9.17) is 0 Å². The fraction of sp³-hybridized carbons (Fsp3) is 0.391. The number of pyridine rings is 3. The standard InChI is InChI=1S/C23H27N5O/c1-23(2,16-28-12-4-3-5-13-28)27-22(29)21-14-18(17-6-9-24-10-7-17)19-15-25-11-8-20(19)26-21/h6-11,14-15H,3-5,12-13,16H2,1-2H3,(H,27,29). The molecule has 3 aromatic heterocycles. The molecule has 29 heavy (non-hydrogen) atoms. The van der Waals surface area contributed by atoms with Crippen LogP contribution in [-0.2, 0) is 0 Å². The number of likely N-dealkylation sites (tertiary alicyclic amines) is 1. The Morgan fingerprint density at radius 1 is 1.07 bits per heavy atom. The predicted molar refractivity (Wildman–Crippen MR) is 115 cm³/mol. The van der Waals surface area contributed by atoms with Gasteiger partial charge in [0.25, 0.3) is 5.91 Å². The zero-order chi connectivity index (χ0) is 20.3. The minimum Gasteiger partial charge on any atom is -0.345 e. The molecule has 1 N–H and O–H groups in total. The van der Waals surface area contributed by atoms with Crippen molar-refractivity contribution in [2.45, 2.75) is 38.6 Å². The lowest BCUT2D eigenvalue weighted by Crippen LogP contribution is -2.52. The van der Waals surface area contributed by atoms with Crippen molar-refractivity contribution >= 4 is 16.8 Å². The number of hydrogen-bond donors (Lipinski definition) is 1. The third kappa shape index (κ3) is 4.59. The first-order chi connectivity index (χ1) is 14.0. The van der Waals surface area contributed by atoms with E-state index in [-0.39, 0.29) is 11.4 Å². The van der Waals surface area contributed by atoms with Gasteiger partial charge in [0.05, 0.1) is 5.52 Å². The van der Waals surface area contributed by atoms with Crippen LogP contribution in [0.25, 0.3) is 22.0 Å². The number of hydrogen-bond acceptors (Lipinski definition) is 5. The van der Waals surface area contributed by atoms with Crippen molar-refractivity contribution in [1.82, 2.24) is 25.2 Å². The van der Waals surface area contributed by atoms with E-state index in [1.165, 1.54) is 19.3 Å². The van der Waals surface area contributed by atoms with Crippen LogP contribution in [0.2, 0.25) is 0 Å². The molecule has 0 aromatic carbocycles. The summed E-state index contributed by atoms with van der Waals surface area (Å²) in [5, 5.41) is 4.11. The van der Waals surface area contributed by atoms with Crippen LogP contribution < -0.4 is 5.32 Å². The fourth-order valence-corrected chi connectivity index (χ4v) is 4.04. The van der Waals surface area contributed by atoms with Gasteiger partial charge in [-0.1, -0.05) is 6.42 Å². The van der Waals surface area contributed by atoms with E-state index in [2.05, 4.69) is 39.0 Å². The summed E-state index contributed by atoms with van der Waals surface area (Å²) in [6.07, 6.45) is 10.8. The van der Waals surface area contributed by atoms with E-state index in [0.29, 0.717) is 5.69 Å². The minimum absolute atomic E-state index is 0.152. The Morgan fingerprint density at radius 3 is 2.55 bits per heavy atom.